The molecule has 1 aliphatic carbocycles. The van der Waals surface area contributed by atoms with Crippen LogP contribution in [0.15, 0.2) is 22.9 Å². The van der Waals surface area contributed by atoms with Crippen molar-refractivity contribution in [1.29, 1.82) is 0 Å². The fourth-order valence-corrected chi connectivity index (χ4v) is 4.19. The molecule has 0 bridgehead atoms. The van der Waals surface area contributed by atoms with Crippen LogP contribution in [-0.4, -0.2) is 22.5 Å². The van der Waals surface area contributed by atoms with Crippen LogP contribution in [0.1, 0.15) is 34.8 Å². The Bertz CT molecular complexity index is 520. The van der Waals surface area contributed by atoms with E-state index >= 15 is 0 Å². The van der Waals surface area contributed by atoms with Crippen LogP contribution in [0.4, 0.5) is 0 Å². The molecule has 5 heteroatoms. The second-order valence-corrected chi connectivity index (χ2v) is 7.49. The minimum absolute atomic E-state index is 0.531. The molecule has 0 radical (unpaired) electrons. The van der Waals surface area contributed by atoms with Crippen molar-refractivity contribution in [3.8, 4) is 0 Å². The van der Waals surface area contributed by atoms with E-state index in [4.69, 9.17) is 11.6 Å². The molecule has 1 fully saturated rings. The Balaban J connectivity index is 1.47. The highest BCUT2D eigenvalue weighted by Gasteiger charge is 2.28. The molecule has 2 aromatic heterocycles. The summed E-state index contributed by atoms with van der Waals surface area (Å²) in [5.41, 5.74) is 1.02. The number of halogens is 1. The van der Waals surface area contributed by atoms with Gasteiger partial charge in [0.2, 0.25) is 0 Å². The molecule has 2 aromatic rings. The minimum Gasteiger partial charge on any atom is -0.295 e. The zero-order valence-electron chi connectivity index (χ0n) is 11.4. The molecular formula is C15H19ClN2S2. The molecule has 0 spiro atoms. The van der Waals surface area contributed by atoms with Crippen LogP contribution in [0.2, 0.25) is 0 Å². The molecule has 0 unspecified atom stereocenters. The number of hydrogen-bond acceptors (Lipinski definition) is 4. The molecule has 2 nitrogen and oxygen atoms in total. The maximum Gasteiger partial charge on any atom is 0.0929 e. The van der Waals surface area contributed by atoms with E-state index < -0.39 is 0 Å². The number of hydrogen-bond donors (Lipinski definition) is 0. The summed E-state index contributed by atoms with van der Waals surface area (Å²) in [6, 6.07) is 5.22. The van der Waals surface area contributed by atoms with Gasteiger partial charge in [-0.15, -0.1) is 34.3 Å². The normalized spacial score (nSPS) is 15.1. The lowest BCUT2D eigenvalue weighted by Crippen LogP contribution is -2.26. The van der Waals surface area contributed by atoms with Gasteiger partial charge in [-0.25, -0.2) is 4.98 Å². The van der Waals surface area contributed by atoms with E-state index in [-0.39, 0.29) is 0 Å². The molecule has 0 saturated heterocycles. The Morgan fingerprint density at radius 1 is 1.35 bits per heavy atom. The highest BCUT2D eigenvalue weighted by atomic mass is 35.5. The molecule has 0 aromatic carbocycles. The standard InChI is InChI=1S/C15H19ClN2S2/c16-9-12-11-20-15(17-12)4-1-7-18(13-5-6-13)10-14-3-2-8-19-14/h2-3,8,11,13H,1,4-7,9-10H2. The van der Waals surface area contributed by atoms with Crippen LogP contribution in [0.25, 0.3) is 0 Å². The number of thiazole rings is 1. The number of aromatic nitrogens is 1. The molecule has 3 rings (SSSR count). The lowest BCUT2D eigenvalue weighted by molar-refractivity contribution is 0.254. The van der Waals surface area contributed by atoms with Crippen molar-refractivity contribution < 1.29 is 0 Å². The third-order valence-electron chi connectivity index (χ3n) is 3.57. The molecule has 2 heterocycles. The highest BCUT2D eigenvalue weighted by molar-refractivity contribution is 7.10. The third-order valence-corrected chi connectivity index (χ3v) is 5.67. The van der Waals surface area contributed by atoms with Crippen molar-refractivity contribution in [2.75, 3.05) is 6.54 Å². The highest BCUT2D eigenvalue weighted by Crippen LogP contribution is 2.29. The maximum atomic E-state index is 5.79. The van der Waals surface area contributed by atoms with Crippen molar-refractivity contribution in [3.05, 3.63) is 38.5 Å². The van der Waals surface area contributed by atoms with Crippen molar-refractivity contribution in [2.24, 2.45) is 0 Å². The average Bonchev–Trinajstić information content (AvgIpc) is 3.00. The number of thiophene rings is 1. The van der Waals surface area contributed by atoms with Gasteiger partial charge in [0.1, 0.15) is 0 Å². The largest absolute Gasteiger partial charge is 0.295 e. The third kappa shape index (κ3) is 4.04. The average molecular weight is 327 g/mol. The molecule has 0 N–H and O–H groups in total. The van der Waals surface area contributed by atoms with E-state index in [0.717, 1.165) is 24.7 Å². The Kier molecular flexibility index (Phi) is 5.10. The smallest absolute Gasteiger partial charge is 0.0929 e. The van der Waals surface area contributed by atoms with Crippen molar-refractivity contribution in [2.45, 2.75) is 44.1 Å². The summed E-state index contributed by atoms with van der Waals surface area (Å²) in [7, 11) is 0. The van der Waals surface area contributed by atoms with E-state index in [1.807, 2.05) is 11.3 Å². The van der Waals surface area contributed by atoms with E-state index in [0.29, 0.717) is 5.88 Å². The molecule has 20 heavy (non-hydrogen) atoms. The topological polar surface area (TPSA) is 16.1 Å². The molecule has 0 atom stereocenters. The quantitative estimate of drug-likeness (QED) is 0.662. The zero-order valence-corrected chi connectivity index (χ0v) is 13.8. The lowest BCUT2D eigenvalue weighted by atomic mass is 10.3. The van der Waals surface area contributed by atoms with Crippen molar-refractivity contribution in [3.63, 3.8) is 0 Å². The first-order valence-corrected chi connectivity index (χ1v) is 9.40. The van der Waals surface area contributed by atoms with Crippen LogP contribution in [-0.2, 0) is 18.8 Å². The van der Waals surface area contributed by atoms with Gasteiger partial charge in [0.25, 0.3) is 0 Å². The fraction of sp³-hybridized carbons (Fsp3) is 0.533. The van der Waals surface area contributed by atoms with Gasteiger partial charge in [-0.3, -0.25) is 4.90 Å². The van der Waals surface area contributed by atoms with Crippen LogP contribution in [0, 0.1) is 0 Å². The number of alkyl halides is 1. The van der Waals surface area contributed by atoms with E-state index in [1.165, 1.54) is 35.7 Å². The van der Waals surface area contributed by atoms with E-state index in [9.17, 15) is 0 Å². The van der Waals surface area contributed by atoms with Crippen molar-refractivity contribution >= 4 is 34.3 Å². The maximum absolute atomic E-state index is 5.79. The first kappa shape index (κ1) is 14.5. The monoisotopic (exact) mass is 326 g/mol. The molecule has 0 amide bonds. The van der Waals surface area contributed by atoms with Gasteiger partial charge in [-0.2, -0.15) is 0 Å². The first-order valence-electron chi connectivity index (χ1n) is 7.11. The molecule has 1 saturated carbocycles. The second kappa shape index (κ2) is 7.03. The SMILES string of the molecule is ClCc1csc(CCCN(Cc2cccs2)C2CC2)n1. The Hall–Kier alpha value is -0.420. The zero-order chi connectivity index (χ0) is 13.8. The van der Waals surface area contributed by atoms with Gasteiger partial charge in [0.15, 0.2) is 0 Å². The summed E-state index contributed by atoms with van der Waals surface area (Å²) < 4.78 is 0. The Labute approximate surface area is 133 Å². The predicted octanol–water partition coefficient (Wildman–Crippen LogP) is 4.54. The molecule has 108 valence electrons. The predicted molar refractivity (Wildman–Crippen MR) is 87.7 cm³/mol. The van der Waals surface area contributed by atoms with E-state index in [1.54, 1.807) is 11.3 Å². The van der Waals surface area contributed by atoms with Gasteiger partial charge in [-0.05, 0) is 37.3 Å². The summed E-state index contributed by atoms with van der Waals surface area (Å²) in [6.45, 7) is 2.30. The number of rotatable bonds is 8. The summed E-state index contributed by atoms with van der Waals surface area (Å²) >= 11 is 9.40. The van der Waals surface area contributed by atoms with Crippen molar-refractivity contribution in [1.82, 2.24) is 9.88 Å². The summed E-state index contributed by atoms with van der Waals surface area (Å²) in [6.07, 6.45) is 5.02. The van der Waals surface area contributed by atoms with Gasteiger partial charge in [0.05, 0.1) is 16.6 Å². The van der Waals surface area contributed by atoms with Gasteiger partial charge < -0.3 is 0 Å². The van der Waals surface area contributed by atoms with Gasteiger partial charge in [-0.1, -0.05) is 6.07 Å². The summed E-state index contributed by atoms with van der Waals surface area (Å²) in [5.74, 6) is 0.531. The second-order valence-electron chi connectivity index (χ2n) is 5.25. The fourth-order valence-electron chi connectivity index (χ4n) is 2.39. The van der Waals surface area contributed by atoms with Crippen LogP contribution in [0.5, 0.6) is 0 Å². The summed E-state index contributed by atoms with van der Waals surface area (Å²) in [5, 5.41) is 5.48. The van der Waals surface area contributed by atoms with Crippen LogP contribution in [0.3, 0.4) is 0 Å². The number of aryl methyl sites for hydroxylation is 1. The van der Waals surface area contributed by atoms with Crippen LogP contribution < -0.4 is 0 Å². The van der Waals surface area contributed by atoms with Gasteiger partial charge in [0, 0.05) is 29.3 Å². The molecule has 0 aliphatic heterocycles. The Morgan fingerprint density at radius 2 is 2.25 bits per heavy atom. The lowest BCUT2D eigenvalue weighted by Gasteiger charge is -2.20. The van der Waals surface area contributed by atoms with Crippen LogP contribution >= 0.6 is 34.3 Å². The number of nitrogens with zero attached hydrogens (tertiary/aromatic N) is 2. The first-order chi connectivity index (χ1) is 9.85. The van der Waals surface area contributed by atoms with E-state index in [2.05, 4.69) is 32.8 Å². The molecular weight excluding hydrogens is 308 g/mol. The molecule has 1 aliphatic rings. The Morgan fingerprint density at radius 3 is 2.90 bits per heavy atom. The summed E-state index contributed by atoms with van der Waals surface area (Å²) in [4.78, 5) is 8.65. The van der Waals surface area contributed by atoms with Gasteiger partial charge >= 0.3 is 0 Å². The minimum atomic E-state index is 0.531.